The van der Waals surface area contributed by atoms with Gasteiger partial charge in [-0.05, 0) is 119 Å². The SMILES string of the molecule is C=C/C=C(/COC(=O)C(C)(C)COC(C)(C)CCNC(=O)CCCC1SCC2NC(=O)NC21)c1cccc(NC(=O)c2ccc(N3C(=O)C4C5C=CC(C5)C4C3=O)cc2)c1C. The summed E-state index contributed by atoms with van der Waals surface area (Å²) in [5.74, 6) is -0.613. The Bertz CT molecular complexity index is 2120. The smallest absolute Gasteiger partial charge is 0.315 e. The van der Waals surface area contributed by atoms with Crippen LogP contribution in [0.25, 0.3) is 5.57 Å². The van der Waals surface area contributed by atoms with E-state index in [4.69, 9.17) is 9.47 Å². The maximum Gasteiger partial charge on any atom is 0.315 e. The van der Waals surface area contributed by atoms with Crippen molar-refractivity contribution in [2.24, 2.45) is 29.1 Å². The lowest BCUT2D eigenvalue weighted by Crippen LogP contribution is -2.38. The van der Waals surface area contributed by atoms with E-state index in [0.717, 1.165) is 36.1 Å². The Balaban J connectivity index is 0.862. The number of carbonyl (C=O) groups excluding carboxylic acids is 6. The van der Waals surface area contributed by atoms with Gasteiger partial charge >= 0.3 is 12.0 Å². The highest BCUT2D eigenvalue weighted by Crippen LogP contribution is 2.53. The van der Waals surface area contributed by atoms with Gasteiger partial charge in [-0.25, -0.2) is 4.79 Å². The number of nitrogens with zero attached hydrogens (tertiary/aromatic N) is 1. The van der Waals surface area contributed by atoms with Gasteiger partial charge in [0, 0.05) is 35.2 Å². The number of amides is 6. The second kappa shape index (κ2) is 18.0. The molecule has 13 nitrogen and oxygen atoms in total. The summed E-state index contributed by atoms with van der Waals surface area (Å²) in [6.07, 6.45) is 10.9. The molecule has 6 amide bonds. The molecule has 2 aromatic rings. The van der Waals surface area contributed by atoms with Gasteiger partial charge in [-0.1, -0.05) is 43.0 Å². The van der Waals surface area contributed by atoms with Crippen LogP contribution in [0.1, 0.15) is 81.3 Å². The number of imide groups is 1. The van der Waals surface area contributed by atoms with Crippen molar-refractivity contribution in [2.75, 3.05) is 35.7 Å². The van der Waals surface area contributed by atoms with Crippen molar-refractivity contribution >= 4 is 64.3 Å². The molecule has 4 N–H and O–H groups in total. The summed E-state index contributed by atoms with van der Waals surface area (Å²) >= 11 is 1.84. The lowest BCUT2D eigenvalue weighted by atomic mass is 9.85. The topological polar surface area (TPSA) is 172 Å². The van der Waals surface area contributed by atoms with Crippen LogP contribution in [0.3, 0.4) is 0 Å². The number of carbonyl (C=O) groups is 6. The monoisotopic (exact) mass is 851 g/mol. The van der Waals surface area contributed by atoms with Crippen LogP contribution in [0.4, 0.5) is 16.2 Å². The van der Waals surface area contributed by atoms with Crippen LogP contribution in [-0.2, 0) is 28.7 Å². The molecule has 3 aliphatic heterocycles. The van der Waals surface area contributed by atoms with Crippen molar-refractivity contribution in [3.8, 4) is 0 Å². The number of allylic oxidation sites excluding steroid dienone is 4. The third-order valence-electron chi connectivity index (χ3n) is 12.7. The molecule has 61 heavy (non-hydrogen) atoms. The molecule has 0 radical (unpaired) electrons. The average molecular weight is 852 g/mol. The van der Waals surface area contributed by atoms with E-state index in [1.54, 1.807) is 56.3 Å². The van der Waals surface area contributed by atoms with Crippen LogP contribution < -0.4 is 26.2 Å². The Morgan fingerprint density at radius 2 is 1.69 bits per heavy atom. The highest BCUT2D eigenvalue weighted by Gasteiger charge is 2.59. The zero-order chi connectivity index (χ0) is 43.6. The third-order valence-corrected chi connectivity index (χ3v) is 14.2. The van der Waals surface area contributed by atoms with E-state index < -0.39 is 17.0 Å². The highest BCUT2D eigenvalue weighted by molar-refractivity contribution is 8.00. The zero-order valence-corrected chi connectivity index (χ0v) is 36.4. The number of thioether (sulfide) groups is 1. The average Bonchev–Trinajstić information content (AvgIpc) is 4.05. The molecule has 324 valence electrons. The standard InChI is InChI=1S/C47H57N5O8S/c1-7-10-31(24-59-44(57)46(3,4)26-60-47(5,6)21-22-48-37(53)14-9-13-36-40-35(25-61-36)50-45(58)51-40)33-11-8-12-34(27(33)2)49-41(54)28-17-19-32(20-18-28)52-42(55)38-29-15-16-30(23-29)39(38)43(52)56/h7-8,10-12,15-20,29-30,35-36,38-40H,1,9,13-14,21-26H2,2-6H3,(H,48,53)(H,49,54)(H2,50,51,58)/b31-10-. The molecule has 2 aliphatic carbocycles. The molecule has 7 atom stereocenters. The van der Waals surface area contributed by atoms with Gasteiger partial charge in [0.05, 0.1) is 47.2 Å². The highest BCUT2D eigenvalue weighted by atomic mass is 32.2. The van der Waals surface area contributed by atoms with Gasteiger partial charge in [0.2, 0.25) is 17.7 Å². The van der Waals surface area contributed by atoms with Crippen LogP contribution in [-0.4, -0.2) is 84.1 Å². The fourth-order valence-corrected chi connectivity index (χ4v) is 10.7. The van der Waals surface area contributed by atoms with Crippen LogP contribution in [0.5, 0.6) is 0 Å². The van der Waals surface area contributed by atoms with Crippen LogP contribution >= 0.6 is 11.8 Å². The van der Waals surface area contributed by atoms with E-state index in [-0.39, 0.29) is 78.6 Å². The van der Waals surface area contributed by atoms with Gasteiger partial charge in [0.25, 0.3) is 5.91 Å². The van der Waals surface area contributed by atoms with Gasteiger partial charge in [-0.15, -0.1) is 0 Å². The van der Waals surface area contributed by atoms with Crippen molar-refractivity contribution in [3.05, 3.63) is 90.0 Å². The second-order valence-electron chi connectivity index (χ2n) is 18.0. The molecule has 3 heterocycles. The fraction of sp³-hybridized carbons (Fsp3) is 0.489. The van der Waals surface area contributed by atoms with Crippen LogP contribution in [0.2, 0.25) is 0 Å². The first-order valence-corrected chi connectivity index (χ1v) is 22.3. The normalized spacial score (nSPS) is 25.3. The number of hydrogen-bond donors (Lipinski definition) is 4. The minimum atomic E-state index is -0.975. The van der Waals surface area contributed by atoms with Crippen molar-refractivity contribution in [2.45, 2.75) is 89.7 Å². The molecule has 2 aromatic carbocycles. The Hall–Kier alpha value is -5.21. The number of hydrogen-bond acceptors (Lipinski definition) is 9. The van der Waals surface area contributed by atoms with Crippen LogP contribution in [0.15, 0.2) is 73.3 Å². The van der Waals surface area contributed by atoms with Crippen molar-refractivity contribution in [3.63, 3.8) is 0 Å². The first-order valence-electron chi connectivity index (χ1n) is 21.2. The maximum atomic E-state index is 13.4. The summed E-state index contributed by atoms with van der Waals surface area (Å²) in [6, 6.07) is 12.2. The molecule has 2 bridgehead atoms. The first kappa shape index (κ1) is 43.9. The Morgan fingerprint density at radius 1 is 0.984 bits per heavy atom. The Morgan fingerprint density at radius 3 is 2.38 bits per heavy atom. The van der Waals surface area contributed by atoms with Crippen molar-refractivity contribution in [1.82, 2.24) is 16.0 Å². The van der Waals surface area contributed by atoms with Gasteiger partial charge in [-0.2, -0.15) is 11.8 Å². The van der Waals surface area contributed by atoms with Gasteiger partial charge < -0.3 is 30.7 Å². The van der Waals surface area contributed by atoms with E-state index in [2.05, 4.69) is 40.0 Å². The number of nitrogens with one attached hydrogen (secondary N) is 4. The number of anilines is 2. The van der Waals surface area contributed by atoms with Gasteiger partial charge in [0.1, 0.15) is 6.61 Å². The summed E-state index contributed by atoms with van der Waals surface area (Å²) in [5, 5.41) is 12.2. The molecule has 5 aliphatic rings. The number of rotatable bonds is 18. The fourth-order valence-electron chi connectivity index (χ4n) is 9.13. The lowest BCUT2D eigenvalue weighted by molar-refractivity contribution is -0.159. The third kappa shape index (κ3) is 9.50. The maximum absolute atomic E-state index is 13.4. The lowest BCUT2D eigenvalue weighted by Gasteiger charge is -2.31. The van der Waals surface area contributed by atoms with Gasteiger partial charge in [0.15, 0.2) is 0 Å². The molecule has 4 fully saturated rings. The molecule has 0 spiro atoms. The second-order valence-corrected chi connectivity index (χ2v) is 19.3. The largest absolute Gasteiger partial charge is 0.460 e. The van der Waals surface area contributed by atoms with Crippen LogP contribution in [0, 0.1) is 36.0 Å². The van der Waals surface area contributed by atoms with E-state index >= 15 is 0 Å². The summed E-state index contributed by atoms with van der Waals surface area (Å²) in [7, 11) is 0. The quantitative estimate of drug-likeness (QED) is 0.0440. The summed E-state index contributed by atoms with van der Waals surface area (Å²) in [4.78, 5) is 78.9. The predicted molar refractivity (Wildman–Crippen MR) is 236 cm³/mol. The molecule has 0 aromatic heterocycles. The minimum Gasteiger partial charge on any atom is -0.460 e. The van der Waals surface area contributed by atoms with E-state index in [1.807, 2.05) is 44.7 Å². The Kier molecular flexibility index (Phi) is 13.0. The first-order chi connectivity index (χ1) is 29.1. The number of urea groups is 1. The van der Waals surface area contributed by atoms with Crippen molar-refractivity contribution < 1.29 is 38.2 Å². The molecular formula is C47H57N5O8S. The summed E-state index contributed by atoms with van der Waals surface area (Å²) in [6.45, 7) is 13.6. The zero-order valence-electron chi connectivity index (χ0n) is 35.6. The van der Waals surface area contributed by atoms with Crippen molar-refractivity contribution in [1.29, 1.82) is 0 Å². The number of esters is 1. The Labute approximate surface area is 361 Å². The molecule has 7 rings (SSSR count). The molecule has 1 saturated carbocycles. The number of fused-ring (bicyclic) bond motifs is 6. The summed E-state index contributed by atoms with van der Waals surface area (Å²) < 4.78 is 12.1. The summed E-state index contributed by atoms with van der Waals surface area (Å²) in [5.41, 5.74) is 2.03. The van der Waals surface area contributed by atoms with E-state index in [0.29, 0.717) is 47.1 Å². The van der Waals surface area contributed by atoms with Gasteiger partial charge in [-0.3, -0.25) is 28.9 Å². The molecular weight excluding hydrogens is 795 g/mol. The predicted octanol–water partition coefficient (Wildman–Crippen LogP) is 6.33. The number of ether oxygens (including phenoxy) is 2. The minimum absolute atomic E-state index is 0.0211. The molecule has 14 heteroatoms. The molecule has 7 unspecified atom stereocenters. The van der Waals surface area contributed by atoms with E-state index in [1.165, 1.54) is 4.90 Å². The molecule has 3 saturated heterocycles. The number of benzene rings is 2. The van der Waals surface area contributed by atoms with E-state index in [9.17, 15) is 28.8 Å².